The SMILES string of the molecule is CC(C)(C(=O)Nc1ccc(Oc2ccc(F)cc2)cn1)N1CCN(C(=O)c2ccc(=O)[nH]c2)CC1. The van der Waals surface area contributed by atoms with Crippen molar-refractivity contribution in [3.05, 3.63) is 82.7 Å². The number of nitrogens with one attached hydrogen (secondary N) is 2. The number of aromatic nitrogens is 2. The molecule has 1 aliphatic heterocycles. The number of aromatic amines is 1. The molecule has 35 heavy (non-hydrogen) atoms. The molecule has 0 bridgehead atoms. The zero-order chi connectivity index (χ0) is 25.0. The van der Waals surface area contributed by atoms with Crippen LogP contribution in [0.5, 0.6) is 11.5 Å². The van der Waals surface area contributed by atoms with Gasteiger partial charge in [0.25, 0.3) is 5.91 Å². The van der Waals surface area contributed by atoms with E-state index in [-0.39, 0.29) is 23.2 Å². The Hall–Kier alpha value is -4.05. The first-order valence-electron chi connectivity index (χ1n) is 11.2. The molecular weight excluding hydrogens is 453 g/mol. The van der Waals surface area contributed by atoms with Crippen LogP contribution in [0.15, 0.2) is 65.7 Å². The van der Waals surface area contributed by atoms with Crippen molar-refractivity contribution in [3.8, 4) is 11.5 Å². The minimum atomic E-state index is -0.835. The Morgan fingerprint density at radius 2 is 1.69 bits per heavy atom. The Bertz CT molecular complexity index is 1230. The second-order valence-electron chi connectivity index (χ2n) is 8.67. The Balaban J connectivity index is 1.32. The van der Waals surface area contributed by atoms with Crippen LogP contribution in [0.4, 0.5) is 10.2 Å². The number of anilines is 1. The van der Waals surface area contributed by atoms with Gasteiger partial charge in [-0.15, -0.1) is 0 Å². The van der Waals surface area contributed by atoms with Crippen LogP contribution in [0.2, 0.25) is 0 Å². The number of nitrogens with zero attached hydrogens (tertiary/aromatic N) is 3. The van der Waals surface area contributed by atoms with E-state index in [2.05, 4.69) is 15.3 Å². The number of benzene rings is 1. The second-order valence-corrected chi connectivity index (χ2v) is 8.67. The number of halogens is 1. The quantitative estimate of drug-likeness (QED) is 0.563. The Morgan fingerprint density at radius 3 is 2.29 bits per heavy atom. The summed E-state index contributed by atoms with van der Waals surface area (Å²) in [7, 11) is 0. The van der Waals surface area contributed by atoms with Crippen molar-refractivity contribution in [1.29, 1.82) is 0 Å². The highest BCUT2D eigenvalue weighted by atomic mass is 19.1. The third-order valence-corrected chi connectivity index (χ3v) is 5.97. The van der Waals surface area contributed by atoms with Gasteiger partial charge in [0.2, 0.25) is 11.5 Å². The number of ether oxygens (including phenoxy) is 1. The molecule has 2 aromatic heterocycles. The largest absolute Gasteiger partial charge is 0.456 e. The van der Waals surface area contributed by atoms with Gasteiger partial charge in [-0.2, -0.15) is 0 Å². The summed E-state index contributed by atoms with van der Waals surface area (Å²) < 4.78 is 18.7. The lowest BCUT2D eigenvalue weighted by Gasteiger charge is -2.42. The average Bonchev–Trinajstić information content (AvgIpc) is 2.86. The molecule has 1 aliphatic rings. The maximum atomic E-state index is 13.0. The van der Waals surface area contributed by atoms with Crippen molar-refractivity contribution >= 4 is 17.6 Å². The highest BCUT2D eigenvalue weighted by Gasteiger charge is 2.37. The van der Waals surface area contributed by atoms with Crippen LogP contribution in [-0.4, -0.2) is 63.3 Å². The highest BCUT2D eigenvalue weighted by Crippen LogP contribution is 2.23. The molecule has 2 N–H and O–H groups in total. The van der Waals surface area contributed by atoms with E-state index in [9.17, 15) is 18.8 Å². The molecule has 0 saturated carbocycles. The van der Waals surface area contributed by atoms with Crippen molar-refractivity contribution in [1.82, 2.24) is 19.8 Å². The van der Waals surface area contributed by atoms with E-state index in [1.54, 1.807) is 17.0 Å². The number of rotatable bonds is 6. The van der Waals surface area contributed by atoms with Crippen LogP contribution < -0.4 is 15.6 Å². The molecule has 0 aliphatic carbocycles. The lowest BCUT2D eigenvalue weighted by Crippen LogP contribution is -2.60. The number of amides is 2. The third kappa shape index (κ3) is 5.72. The molecule has 0 atom stereocenters. The molecule has 2 amide bonds. The van der Waals surface area contributed by atoms with Gasteiger partial charge in [0.1, 0.15) is 23.1 Å². The zero-order valence-electron chi connectivity index (χ0n) is 19.5. The molecule has 3 aromatic rings. The molecule has 0 radical (unpaired) electrons. The minimum absolute atomic E-state index is 0.157. The van der Waals surface area contributed by atoms with Gasteiger partial charge < -0.3 is 19.9 Å². The molecule has 1 fully saturated rings. The first-order valence-corrected chi connectivity index (χ1v) is 11.2. The van der Waals surface area contributed by atoms with Crippen molar-refractivity contribution in [2.75, 3.05) is 31.5 Å². The lowest BCUT2D eigenvalue weighted by atomic mass is 10.00. The van der Waals surface area contributed by atoms with Crippen LogP contribution in [0, 0.1) is 5.82 Å². The third-order valence-electron chi connectivity index (χ3n) is 5.97. The summed E-state index contributed by atoms with van der Waals surface area (Å²) in [5.74, 6) is 0.577. The number of pyridine rings is 2. The van der Waals surface area contributed by atoms with E-state index in [4.69, 9.17) is 4.74 Å². The van der Waals surface area contributed by atoms with Crippen molar-refractivity contribution < 1.29 is 18.7 Å². The molecule has 182 valence electrons. The predicted octanol–water partition coefficient (Wildman–Crippen LogP) is 2.88. The summed E-state index contributed by atoms with van der Waals surface area (Å²) in [6.45, 7) is 5.62. The van der Waals surface area contributed by atoms with Crippen LogP contribution >= 0.6 is 0 Å². The van der Waals surface area contributed by atoms with E-state index < -0.39 is 5.54 Å². The van der Waals surface area contributed by atoms with Crippen molar-refractivity contribution in [2.24, 2.45) is 0 Å². The normalized spacial score (nSPS) is 14.4. The molecule has 0 spiro atoms. The number of H-pyrrole nitrogens is 1. The summed E-state index contributed by atoms with van der Waals surface area (Å²) in [4.78, 5) is 47.4. The van der Waals surface area contributed by atoms with Crippen LogP contribution in [-0.2, 0) is 4.79 Å². The molecule has 1 saturated heterocycles. The van der Waals surface area contributed by atoms with Gasteiger partial charge in [0.05, 0.1) is 17.3 Å². The number of hydrogen-bond acceptors (Lipinski definition) is 6. The second kappa shape index (κ2) is 10.1. The van der Waals surface area contributed by atoms with E-state index in [0.717, 1.165) is 0 Å². The van der Waals surface area contributed by atoms with Gasteiger partial charge in [0, 0.05) is 38.4 Å². The van der Waals surface area contributed by atoms with Gasteiger partial charge in [0.15, 0.2) is 0 Å². The van der Waals surface area contributed by atoms with Crippen molar-refractivity contribution in [2.45, 2.75) is 19.4 Å². The maximum absolute atomic E-state index is 13.0. The Morgan fingerprint density at radius 1 is 1.00 bits per heavy atom. The minimum Gasteiger partial charge on any atom is -0.456 e. The summed E-state index contributed by atoms with van der Waals surface area (Å²) in [5.41, 5.74) is -0.672. The molecule has 3 heterocycles. The topological polar surface area (TPSA) is 108 Å². The summed E-state index contributed by atoms with van der Waals surface area (Å²) >= 11 is 0. The van der Waals surface area contributed by atoms with E-state index >= 15 is 0 Å². The van der Waals surface area contributed by atoms with Crippen molar-refractivity contribution in [3.63, 3.8) is 0 Å². The Labute approximate surface area is 201 Å². The summed E-state index contributed by atoms with van der Waals surface area (Å²) in [5, 5.41) is 2.83. The maximum Gasteiger partial charge on any atom is 0.255 e. The van der Waals surface area contributed by atoms with Crippen LogP contribution in [0.3, 0.4) is 0 Å². The fourth-order valence-electron chi connectivity index (χ4n) is 3.76. The molecule has 4 rings (SSSR count). The van der Waals surface area contributed by atoms with E-state index in [1.807, 2.05) is 18.7 Å². The highest BCUT2D eigenvalue weighted by molar-refractivity contribution is 5.97. The van der Waals surface area contributed by atoms with E-state index in [0.29, 0.717) is 49.1 Å². The fourth-order valence-corrected chi connectivity index (χ4v) is 3.76. The standard InChI is InChI=1S/C25H26FN5O4/c1-25(2,31-13-11-30(12-14-31)23(33)17-3-10-22(32)28-15-17)24(34)29-21-9-8-20(16-27-21)35-19-6-4-18(26)5-7-19/h3-10,15-16H,11-14H2,1-2H3,(H,28,32)(H,27,29,34). The first-order chi connectivity index (χ1) is 16.7. The Kier molecular flexibility index (Phi) is 6.92. The number of carbonyl (C=O) groups is 2. The van der Waals surface area contributed by atoms with Crippen LogP contribution in [0.25, 0.3) is 0 Å². The number of piperazine rings is 1. The fraction of sp³-hybridized carbons (Fsp3) is 0.280. The van der Waals surface area contributed by atoms with Gasteiger partial charge in [-0.25, -0.2) is 9.37 Å². The number of carbonyl (C=O) groups excluding carboxylic acids is 2. The zero-order valence-corrected chi connectivity index (χ0v) is 19.5. The number of hydrogen-bond donors (Lipinski definition) is 2. The molecule has 10 heteroatoms. The van der Waals surface area contributed by atoms with Gasteiger partial charge in [-0.05, 0) is 56.3 Å². The smallest absolute Gasteiger partial charge is 0.255 e. The van der Waals surface area contributed by atoms with Crippen LogP contribution in [0.1, 0.15) is 24.2 Å². The summed E-state index contributed by atoms with van der Waals surface area (Å²) in [6.07, 6.45) is 2.89. The van der Waals surface area contributed by atoms with Gasteiger partial charge in [-0.1, -0.05) is 0 Å². The predicted molar refractivity (Wildman–Crippen MR) is 128 cm³/mol. The molecular formula is C25H26FN5O4. The monoisotopic (exact) mass is 479 g/mol. The van der Waals surface area contributed by atoms with E-state index in [1.165, 1.54) is 48.8 Å². The average molecular weight is 480 g/mol. The summed E-state index contributed by atoms with van der Waals surface area (Å²) in [6, 6.07) is 11.8. The molecule has 1 aromatic carbocycles. The molecule has 0 unspecified atom stereocenters. The first kappa shape index (κ1) is 24.1. The van der Waals surface area contributed by atoms with Gasteiger partial charge in [-0.3, -0.25) is 19.3 Å². The lowest BCUT2D eigenvalue weighted by molar-refractivity contribution is -0.127. The molecule has 9 nitrogen and oxygen atoms in total. The van der Waals surface area contributed by atoms with Gasteiger partial charge >= 0.3 is 0 Å².